The van der Waals surface area contributed by atoms with Gasteiger partial charge in [0.2, 0.25) is 0 Å². The van der Waals surface area contributed by atoms with Gasteiger partial charge in [-0.05, 0) is 30.7 Å². The number of ether oxygens (including phenoxy) is 1. The highest BCUT2D eigenvalue weighted by Gasteiger charge is 2.12. The van der Waals surface area contributed by atoms with Crippen LogP contribution in [0, 0.1) is 18.3 Å². The van der Waals surface area contributed by atoms with Crippen molar-refractivity contribution in [3.8, 4) is 11.8 Å². The van der Waals surface area contributed by atoms with Crippen molar-refractivity contribution in [3.05, 3.63) is 65.2 Å². The van der Waals surface area contributed by atoms with E-state index in [1.54, 1.807) is 36.4 Å². The van der Waals surface area contributed by atoms with Gasteiger partial charge in [0.05, 0.1) is 0 Å². The minimum atomic E-state index is -1.11. The third-order valence-electron chi connectivity index (χ3n) is 3.33. The molecule has 0 aromatic heterocycles. The molecular formula is C19H16N2O4. The maximum Gasteiger partial charge on any atom is 0.341 e. The van der Waals surface area contributed by atoms with Crippen molar-refractivity contribution in [2.45, 2.75) is 6.92 Å². The molecule has 25 heavy (non-hydrogen) atoms. The van der Waals surface area contributed by atoms with Crippen LogP contribution >= 0.6 is 0 Å². The molecule has 0 heterocycles. The summed E-state index contributed by atoms with van der Waals surface area (Å²) in [5.41, 5.74) is 1.82. The Bertz CT molecular complexity index is 866. The fraction of sp³-hybridized carbons (Fsp3) is 0.105. The van der Waals surface area contributed by atoms with Gasteiger partial charge in [-0.15, -0.1) is 0 Å². The first-order chi connectivity index (χ1) is 12.0. The number of hydrogen-bond donors (Lipinski definition) is 2. The predicted molar refractivity (Wildman–Crippen MR) is 93.0 cm³/mol. The van der Waals surface area contributed by atoms with Crippen molar-refractivity contribution >= 4 is 23.6 Å². The van der Waals surface area contributed by atoms with Crippen molar-refractivity contribution in [1.82, 2.24) is 0 Å². The number of benzene rings is 2. The largest absolute Gasteiger partial charge is 0.481 e. The highest BCUT2D eigenvalue weighted by molar-refractivity contribution is 6.10. The highest BCUT2D eigenvalue weighted by Crippen LogP contribution is 2.22. The Kier molecular flexibility index (Phi) is 5.91. The Morgan fingerprint density at radius 1 is 1.20 bits per heavy atom. The molecule has 126 valence electrons. The lowest BCUT2D eigenvalue weighted by Gasteiger charge is -2.09. The molecule has 2 aromatic carbocycles. The van der Waals surface area contributed by atoms with Crippen LogP contribution in [0.1, 0.15) is 11.1 Å². The zero-order valence-electron chi connectivity index (χ0n) is 13.5. The van der Waals surface area contributed by atoms with E-state index in [0.717, 1.165) is 5.56 Å². The molecule has 0 radical (unpaired) electrons. The fourth-order valence-electron chi connectivity index (χ4n) is 2.08. The minimum absolute atomic E-state index is 0.116. The van der Waals surface area contributed by atoms with E-state index in [1.807, 2.05) is 25.1 Å². The zero-order chi connectivity index (χ0) is 18.2. The summed E-state index contributed by atoms with van der Waals surface area (Å²) in [5, 5.41) is 20.7. The van der Waals surface area contributed by atoms with E-state index in [9.17, 15) is 14.9 Å². The molecule has 0 unspecified atom stereocenters. The maximum atomic E-state index is 12.3. The molecule has 0 fully saturated rings. The van der Waals surface area contributed by atoms with Gasteiger partial charge >= 0.3 is 5.97 Å². The number of nitriles is 1. The van der Waals surface area contributed by atoms with Gasteiger partial charge < -0.3 is 15.2 Å². The van der Waals surface area contributed by atoms with Crippen molar-refractivity contribution in [2.75, 3.05) is 11.9 Å². The van der Waals surface area contributed by atoms with Gasteiger partial charge in [-0.1, -0.05) is 36.4 Å². The van der Waals surface area contributed by atoms with E-state index in [0.29, 0.717) is 11.3 Å². The summed E-state index contributed by atoms with van der Waals surface area (Å²) in [6, 6.07) is 15.7. The van der Waals surface area contributed by atoms with Crippen molar-refractivity contribution in [3.63, 3.8) is 0 Å². The average molecular weight is 336 g/mol. The number of para-hydroxylation sites is 2. The van der Waals surface area contributed by atoms with Gasteiger partial charge in [-0.25, -0.2) is 4.79 Å². The number of carboxylic acid groups (broad SMARTS) is 1. The molecule has 2 rings (SSSR count). The average Bonchev–Trinajstić information content (AvgIpc) is 2.60. The van der Waals surface area contributed by atoms with Gasteiger partial charge in [-0.2, -0.15) is 5.26 Å². The van der Waals surface area contributed by atoms with E-state index >= 15 is 0 Å². The van der Waals surface area contributed by atoms with Gasteiger partial charge in [0, 0.05) is 11.3 Å². The van der Waals surface area contributed by atoms with Crippen LogP contribution in [0.5, 0.6) is 5.75 Å². The summed E-state index contributed by atoms with van der Waals surface area (Å²) < 4.78 is 5.18. The number of aryl methyl sites for hydroxylation is 1. The normalized spacial score (nSPS) is 10.6. The van der Waals surface area contributed by atoms with Crippen LogP contribution in [0.2, 0.25) is 0 Å². The van der Waals surface area contributed by atoms with Crippen LogP contribution in [0.3, 0.4) is 0 Å². The lowest BCUT2D eigenvalue weighted by atomic mass is 10.1. The molecule has 2 N–H and O–H groups in total. The smallest absolute Gasteiger partial charge is 0.341 e. The molecule has 2 aromatic rings. The SMILES string of the molecule is Cc1ccccc1NC(=O)C(C#N)=Cc1ccccc1OCC(=O)O. The van der Waals surface area contributed by atoms with Crippen LogP contribution in [0.25, 0.3) is 6.08 Å². The molecule has 0 spiro atoms. The van der Waals surface area contributed by atoms with Gasteiger partial charge in [0.25, 0.3) is 5.91 Å². The van der Waals surface area contributed by atoms with Gasteiger partial charge in [-0.3, -0.25) is 4.79 Å². The number of nitrogens with one attached hydrogen (secondary N) is 1. The Balaban J connectivity index is 2.25. The number of carboxylic acids is 1. The second-order valence-corrected chi connectivity index (χ2v) is 5.16. The molecule has 0 aliphatic rings. The van der Waals surface area contributed by atoms with Gasteiger partial charge in [0.15, 0.2) is 6.61 Å². The van der Waals surface area contributed by atoms with E-state index in [2.05, 4.69) is 5.32 Å². The molecular weight excluding hydrogens is 320 g/mol. The molecule has 6 nitrogen and oxygen atoms in total. The number of aliphatic carboxylic acids is 1. The van der Waals surface area contributed by atoms with Crippen LogP contribution in [0.4, 0.5) is 5.69 Å². The summed E-state index contributed by atoms with van der Waals surface area (Å²) >= 11 is 0. The van der Waals surface area contributed by atoms with Gasteiger partial charge in [0.1, 0.15) is 17.4 Å². The minimum Gasteiger partial charge on any atom is -0.481 e. The second-order valence-electron chi connectivity index (χ2n) is 5.16. The lowest BCUT2D eigenvalue weighted by Crippen LogP contribution is -2.14. The number of anilines is 1. The number of carbonyl (C=O) groups is 2. The third kappa shape index (κ3) is 4.94. The number of carbonyl (C=O) groups excluding carboxylic acids is 1. The molecule has 0 aliphatic heterocycles. The first kappa shape index (κ1) is 17.8. The van der Waals surface area contributed by atoms with E-state index in [1.165, 1.54) is 6.08 Å². The molecule has 1 amide bonds. The summed E-state index contributed by atoms with van der Waals surface area (Å²) in [6.45, 7) is 1.34. The van der Waals surface area contributed by atoms with E-state index in [4.69, 9.17) is 9.84 Å². The number of nitrogens with zero attached hydrogens (tertiary/aromatic N) is 1. The summed E-state index contributed by atoms with van der Waals surface area (Å²) in [4.78, 5) is 23.0. The molecule has 6 heteroatoms. The zero-order valence-corrected chi connectivity index (χ0v) is 13.5. The summed E-state index contributed by atoms with van der Waals surface area (Å²) in [5.74, 6) is -1.39. The Morgan fingerprint density at radius 2 is 1.88 bits per heavy atom. The molecule has 0 atom stereocenters. The fourth-order valence-corrected chi connectivity index (χ4v) is 2.08. The Labute approximate surface area is 145 Å². The van der Waals surface area contributed by atoms with Crippen LogP contribution in [-0.2, 0) is 9.59 Å². The third-order valence-corrected chi connectivity index (χ3v) is 3.33. The number of amides is 1. The Morgan fingerprint density at radius 3 is 2.56 bits per heavy atom. The predicted octanol–water partition coefficient (Wildman–Crippen LogP) is 3.00. The summed E-state index contributed by atoms with van der Waals surface area (Å²) in [7, 11) is 0. The summed E-state index contributed by atoms with van der Waals surface area (Å²) in [6.07, 6.45) is 1.37. The van der Waals surface area contributed by atoms with Crippen molar-refractivity contribution < 1.29 is 19.4 Å². The monoisotopic (exact) mass is 336 g/mol. The maximum absolute atomic E-state index is 12.3. The van der Waals surface area contributed by atoms with Crippen LogP contribution in [-0.4, -0.2) is 23.6 Å². The van der Waals surface area contributed by atoms with Crippen LogP contribution < -0.4 is 10.1 Å². The molecule has 0 saturated heterocycles. The lowest BCUT2D eigenvalue weighted by molar-refractivity contribution is -0.139. The van der Waals surface area contributed by atoms with Crippen molar-refractivity contribution in [2.24, 2.45) is 0 Å². The topological polar surface area (TPSA) is 99.4 Å². The quantitative estimate of drug-likeness (QED) is 0.624. The first-order valence-electron chi connectivity index (χ1n) is 7.43. The second kappa shape index (κ2) is 8.31. The number of rotatable bonds is 6. The van der Waals surface area contributed by atoms with Crippen LogP contribution in [0.15, 0.2) is 54.1 Å². The molecule has 0 saturated carbocycles. The number of hydrogen-bond acceptors (Lipinski definition) is 4. The van der Waals surface area contributed by atoms with E-state index < -0.39 is 18.5 Å². The van der Waals surface area contributed by atoms with Crippen molar-refractivity contribution in [1.29, 1.82) is 5.26 Å². The highest BCUT2D eigenvalue weighted by atomic mass is 16.5. The first-order valence-corrected chi connectivity index (χ1v) is 7.43. The molecule has 0 bridgehead atoms. The molecule has 0 aliphatic carbocycles. The Hall–Kier alpha value is -3.59. The van der Waals surface area contributed by atoms with E-state index in [-0.39, 0.29) is 11.3 Å². The standard InChI is InChI=1S/C19H16N2O4/c1-13-6-2-4-8-16(13)21-19(24)15(11-20)10-14-7-3-5-9-17(14)25-12-18(22)23/h2-10H,12H2,1H3,(H,21,24)(H,22,23).